The third kappa shape index (κ3) is 4.34. The van der Waals surface area contributed by atoms with Crippen molar-refractivity contribution in [2.75, 3.05) is 12.4 Å². The topological polar surface area (TPSA) is 65.3 Å². The normalized spacial score (nSPS) is 10.7. The highest BCUT2D eigenvalue weighted by Crippen LogP contribution is 2.23. The van der Waals surface area contributed by atoms with Crippen LogP contribution in [0.25, 0.3) is 5.69 Å². The third-order valence-electron chi connectivity index (χ3n) is 5.47. The van der Waals surface area contributed by atoms with Gasteiger partial charge in [-0.3, -0.25) is 9.59 Å². The van der Waals surface area contributed by atoms with E-state index < -0.39 is 0 Å². The Morgan fingerprint density at radius 2 is 1.69 bits per heavy atom. The molecule has 0 atom stereocenters. The number of benzene rings is 2. The number of carbonyl (C=O) groups excluding carboxylic acids is 1. The van der Waals surface area contributed by atoms with Crippen LogP contribution < -0.4 is 15.6 Å². The van der Waals surface area contributed by atoms with Gasteiger partial charge in [-0.1, -0.05) is 18.2 Å². The summed E-state index contributed by atoms with van der Waals surface area (Å²) in [5.74, 6) is 0.625. The summed E-state index contributed by atoms with van der Waals surface area (Å²) in [6, 6.07) is 22.3. The molecule has 2 aromatic heterocycles. The van der Waals surface area contributed by atoms with Crippen LogP contribution in [0.4, 0.5) is 5.69 Å². The number of ether oxygens (including phenoxy) is 1. The van der Waals surface area contributed by atoms with Gasteiger partial charge in [0.1, 0.15) is 5.75 Å². The van der Waals surface area contributed by atoms with E-state index in [1.54, 1.807) is 23.9 Å². The van der Waals surface area contributed by atoms with E-state index in [0.29, 0.717) is 17.8 Å². The number of carbonyl (C=O) groups is 1. The molecule has 0 spiro atoms. The summed E-state index contributed by atoms with van der Waals surface area (Å²) in [6.07, 6.45) is 1.76. The summed E-state index contributed by atoms with van der Waals surface area (Å²) < 4.78 is 8.92. The predicted molar refractivity (Wildman–Crippen MR) is 126 cm³/mol. The standard InChI is InChI=1S/C26H25N3O3/c1-18-16-24(19(2)29(18)22-11-13-23(32-3)14-12-22)26(31)27-21-9-7-20(8-10-21)17-28-15-5-4-6-25(28)30/h4-16H,17H2,1-3H3,(H,27,31). The van der Waals surface area contributed by atoms with Crippen molar-refractivity contribution in [3.8, 4) is 11.4 Å². The van der Waals surface area contributed by atoms with Crippen LogP contribution in [-0.2, 0) is 6.54 Å². The van der Waals surface area contributed by atoms with Gasteiger partial charge in [0.2, 0.25) is 0 Å². The van der Waals surface area contributed by atoms with Crippen LogP contribution in [0.3, 0.4) is 0 Å². The van der Waals surface area contributed by atoms with Crippen LogP contribution in [-0.4, -0.2) is 22.2 Å². The molecule has 1 amide bonds. The molecule has 0 bridgehead atoms. The Labute approximate surface area is 186 Å². The minimum atomic E-state index is -0.162. The lowest BCUT2D eigenvalue weighted by molar-refractivity contribution is 0.102. The summed E-state index contributed by atoms with van der Waals surface area (Å²) in [6.45, 7) is 4.40. The van der Waals surface area contributed by atoms with Gasteiger partial charge >= 0.3 is 0 Å². The van der Waals surface area contributed by atoms with Crippen LogP contribution in [0, 0.1) is 13.8 Å². The van der Waals surface area contributed by atoms with Gasteiger partial charge in [0, 0.05) is 35.0 Å². The number of amides is 1. The van der Waals surface area contributed by atoms with Crippen LogP contribution in [0.2, 0.25) is 0 Å². The lowest BCUT2D eigenvalue weighted by Crippen LogP contribution is -2.18. The van der Waals surface area contributed by atoms with E-state index in [4.69, 9.17) is 4.74 Å². The van der Waals surface area contributed by atoms with Crippen LogP contribution in [0.5, 0.6) is 5.75 Å². The summed E-state index contributed by atoms with van der Waals surface area (Å²) in [5.41, 5.74) is 5.07. The molecule has 0 fully saturated rings. The summed E-state index contributed by atoms with van der Waals surface area (Å²) >= 11 is 0. The van der Waals surface area contributed by atoms with Crippen LogP contribution >= 0.6 is 0 Å². The van der Waals surface area contributed by atoms with Crippen molar-refractivity contribution in [1.82, 2.24) is 9.13 Å². The molecule has 4 aromatic rings. The average Bonchev–Trinajstić information content (AvgIpc) is 3.10. The summed E-state index contributed by atoms with van der Waals surface area (Å²) in [5, 5.41) is 2.97. The first-order valence-electron chi connectivity index (χ1n) is 10.4. The van der Waals surface area contributed by atoms with E-state index in [1.165, 1.54) is 6.07 Å². The number of methoxy groups -OCH3 is 1. The Bertz CT molecular complexity index is 1300. The molecule has 0 unspecified atom stereocenters. The fraction of sp³-hybridized carbons (Fsp3) is 0.154. The van der Waals surface area contributed by atoms with Gasteiger partial charge in [-0.05, 0) is 67.9 Å². The zero-order chi connectivity index (χ0) is 22.7. The van der Waals surface area contributed by atoms with Crippen molar-refractivity contribution in [2.45, 2.75) is 20.4 Å². The Kier molecular flexibility index (Phi) is 5.94. The van der Waals surface area contributed by atoms with Crippen molar-refractivity contribution < 1.29 is 9.53 Å². The SMILES string of the molecule is COc1ccc(-n2c(C)cc(C(=O)Nc3ccc(Cn4ccccc4=O)cc3)c2C)cc1. The Hall–Kier alpha value is -4.06. The second kappa shape index (κ2) is 8.98. The number of aromatic nitrogens is 2. The van der Waals surface area contributed by atoms with E-state index in [1.807, 2.05) is 74.5 Å². The van der Waals surface area contributed by atoms with Gasteiger partial charge < -0.3 is 19.2 Å². The second-order valence-corrected chi connectivity index (χ2v) is 7.64. The van der Waals surface area contributed by atoms with Crippen molar-refractivity contribution >= 4 is 11.6 Å². The van der Waals surface area contributed by atoms with E-state index >= 15 is 0 Å². The first-order valence-corrected chi connectivity index (χ1v) is 10.4. The highest BCUT2D eigenvalue weighted by Gasteiger charge is 2.17. The molecule has 1 N–H and O–H groups in total. The number of anilines is 1. The molecule has 0 aliphatic carbocycles. The first-order chi connectivity index (χ1) is 15.5. The number of hydrogen-bond donors (Lipinski definition) is 1. The number of nitrogens with zero attached hydrogens (tertiary/aromatic N) is 2. The number of nitrogens with one attached hydrogen (secondary N) is 1. The maximum absolute atomic E-state index is 13.0. The molecule has 2 heterocycles. The largest absolute Gasteiger partial charge is 0.497 e. The zero-order valence-corrected chi connectivity index (χ0v) is 18.3. The molecule has 6 nitrogen and oxygen atoms in total. The molecule has 32 heavy (non-hydrogen) atoms. The zero-order valence-electron chi connectivity index (χ0n) is 18.3. The third-order valence-corrected chi connectivity index (χ3v) is 5.47. The highest BCUT2D eigenvalue weighted by atomic mass is 16.5. The fourth-order valence-electron chi connectivity index (χ4n) is 3.80. The minimum Gasteiger partial charge on any atom is -0.497 e. The maximum atomic E-state index is 13.0. The fourth-order valence-corrected chi connectivity index (χ4v) is 3.80. The van der Waals surface area contributed by atoms with E-state index in [-0.39, 0.29) is 11.5 Å². The summed E-state index contributed by atoms with van der Waals surface area (Å²) in [7, 11) is 1.64. The van der Waals surface area contributed by atoms with E-state index in [0.717, 1.165) is 28.4 Å². The van der Waals surface area contributed by atoms with Gasteiger partial charge in [-0.25, -0.2) is 0 Å². The molecule has 0 saturated heterocycles. The summed E-state index contributed by atoms with van der Waals surface area (Å²) in [4.78, 5) is 24.8. The van der Waals surface area contributed by atoms with Gasteiger partial charge in [-0.15, -0.1) is 0 Å². The quantitative estimate of drug-likeness (QED) is 0.490. The smallest absolute Gasteiger partial charge is 0.257 e. The lowest BCUT2D eigenvalue weighted by atomic mass is 10.2. The van der Waals surface area contributed by atoms with Crippen molar-refractivity contribution in [1.29, 1.82) is 0 Å². The predicted octanol–water partition coefficient (Wildman–Crippen LogP) is 4.57. The molecule has 162 valence electrons. The number of hydrogen-bond acceptors (Lipinski definition) is 3. The molecule has 0 radical (unpaired) electrons. The molecule has 4 rings (SSSR count). The molecule has 0 aliphatic heterocycles. The van der Waals surface area contributed by atoms with E-state index in [9.17, 15) is 9.59 Å². The van der Waals surface area contributed by atoms with Crippen LogP contribution in [0.15, 0.2) is 83.8 Å². The lowest BCUT2D eigenvalue weighted by Gasteiger charge is -2.11. The molecular weight excluding hydrogens is 402 g/mol. The number of aryl methyl sites for hydroxylation is 1. The van der Waals surface area contributed by atoms with Gasteiger partial charge in [-0.2, -0.15) is 0 Å². The number of rotatable bonds is 6. The minimum absolute atomic E-state index is 0.0444. The van der Waals surface area contributed by atoms with Gasteiger partial charge in [0.15, 0.2) is 0 Å². The average molecular weight is 428 g/mol. The van der Waals surface area contributed by atoms with Crippen molar-refractivity contribution in [2.24, 2.45) is 0 Å². The Balaban J connectivity index is 1.50. The maximum Gasteiger partial charge on any atom is 0.257 e. The Morgan fingerprint density at radius 3 is 2.34 bits per heavy atom. The monoisotopic (exact) mass is 427 g/mol. The van der Waals surface area contributed by atoms with Crippen LogP contribution in [0.1, 0.15) is 27.3 Å². The van der Waals surface area contributed by atoms with Gasteiger partial charge in [0.05, 0.1) is 19.2 Å². The van der Waals surface area contributed by atoms with Crippen molar-refractivity contribution in [3.05, 3.63) is 112 Å². The van der Waals surface area contributed by atoms with Gasteiger partial charge in [0.25, 0.3) is 11.5 Å². The highest BCUT2D eigenvalue weighted by molar-refractivity contribution is 6.05. The molecular formula is C26H25N3O3. The molecule has 0 aliphatic rings. The Morgan fingerprint density at radius 1 is 0.969 bits per heavy atom. The van der Waals surface area contributed by atoms with Crippen molar-refractivity contribution in [3.63, 3.8) is 0 Å². The van der Waals surface area contributed by atoms with E-state index in [2.05, 4.69) is 9.88 Å². The number of pyridine rings is 1. The molecule has 0 saturated carbocycles. The second-order valence-electron chi connectivity index (χ2n) is 7.64. The molecule has 6 heteroatoms. The molecule has 2 aromatic carbocycles. The first kappa shape index (κ1) is 21.2.